The molecule has 100 valence electrons. The van der Waals surface area contributed by atoms with E-state index in [1.54, 1.807) is 16.8 Å². The molecule has 0 aliphatic carbocycles. The molecule has 0 saturated heterocycles. The van der Waals surface area contributed by atoms with E-state index >= 15 is 0 Å². The van der Waals surface area contributed by atoms with Crippen LogP contribution in [0.2, 0.25) is 0 Å². The monoisotopic (exact) mass is 259 g/mol. The number of benzene rings is 1. The number of anilines is 1. The topological polar surface area (TPSA) is 70.1 Å². The normalized spacial score (nSPS) is 10.7. The second-order valence-electron chi connectivity index (χ2n) is 4.70. The maximum atomic E-state index is 12.1. The summed E-state index contributed by atoms with van der Waals surface area (Å²) >= 11 is 0. The highest BCUT2D eigenvalue weighted by atomic mass is 16.5. The molecule has 2 rings (SSSR count). The number of carbonyl (C=O) groups excluding carboxylic acids is 1. The Labute approximate surface area is 112 Å². The molecule has 0 amide bonds. The van der Waals surface area contributed by atoms with Crippen molar-refractivity contribution in [1.82, 2.24) is 9.78 Å². The van der Waals surface area contributed by atoms with Crippen molar-refractivity contribution < 1.29 is 9.53 Å². The van der Waals surface area contributed by atoms with E-state index in [9.17, 15) is 4.79 Å². The van der Waals surface area contributed by atoms with Crippen LogP contribution in [0.25, 0.3) is 0 Å². The summed E-state index contributed by atoms with van der Waals surface area (Å²) in [4.78, 5) is 12.1. The molecule has 0 fully saturated rings. The van der Waals surface area contributed by atoms with Gasteiger partial charge in [-0.15, -0.1) is 0 Å². The average Bonchev–Trinajstić information content (AvgIpc) is 2.74. The van der Waals surface area contributed by atoms with E-state index in [-0.39, 0.29) is 6.04 Å². The van der Waals surface area contributed by atoms with E-state index < -0.39 is 5.97 Å². The quantitative estimate of drug-likeness (QED) is 0.679. The summed E-state index contributed by atoms with van der Waals surface area (Å²) < 4.78 is 6.87. The Morgan fingerprint density at radius 2 is 1.95 bits per heavy atom. The van der Waals surface area contributed by atoms with Crippen LogP contribution in [0.15, 0.2) is 30.3 Å². The van der Waals surface area contributed by atoms with E-state index in [1.807, 2.05) is 32.9 Å². The van der Waals surface area contributed by atoms with Crippen molar-refractivity contribution in [1.29, 1.82) is 0 Å². The molecule has 19 heavy (non-hydrogen) atoms. The summed E-state index contributed by atoms with van der Waals surface area (Å²) in [7, 11) is 0. The first-order valence-electron chi connectivity index (χ1n) is 6.11. The highest BCUT2D eigenvalue weighted by Crippen LogP contribution is 2.17. The summed E-state index contributed by atoms with van der Waals surface area (Å²) in [6.45, 7) is 5.82. The van der Waals surface area contributed by atoms with E-state index in [0.717, 1.165) is 5.56 Å². The predicted octanol–water partition coefficient (Wildman–Crippen LogP) is 2.57. The van der Waals surface area contributed by atoms with Crippen LogP contribution < -0.4 is 10.5 Å². The fraction of sp³-hybridized carbons (Fsp3) is 0.286. The smallest absolute Gasteiger partial charge is 0.362 e. The minimum Gasteiger partial charge on any atom is -0.422 e. The minimum absolute atomic E-state index is 0.0397. The highest BCUT2D eigenvalue weighted by Gasteiger charge is 2.18. The Hall–Kier alpha value is -2.30. The number of aryl methyl sites for hydroxylation is 1. The molecular formula is C14H17N3O2. The lowest BCUT2D eigenvalue weighted by molar-refractivity contribution is 0.0719. The van der Waals surface area contributed by atoms with E-state index in [2.05, 4.69) is 5.10 Å². The van der Waals surface area contributed by atoms with Gasteiger partial charge < -0.3 is 10.5 Å². The van der Waals surface area contributed by atoms with E-state index in [0.29, 0.717) is 17.3 Å². The summed E-state index contributed by atoms with van der Waals surface area (Å²) in [5, 5.41) is 4.08. The summed E-state index contributed by atoms with van der Waals surface area (Å²) in [5.74, 6) is 0.358. The van der Waals surface area contributed by atoms with Crippen LogP contribution in [-0.2, 0) is 0 Å². The number of ether oxygens (including phenoxy) is 1. The van der Waals surface area contributed by atoms with Gasteiger partial charge in [-0.1, -0.05) is 17.7 Å². The Morgan fingerprint density at radius 1 is 1.32 bits per heavy atom. The molecule has 0 unspecified atom stereocenters. The number of hydrogen-bond donors (Lipinski definition) is 1. The van der Waals surface area contributed by atoms with Crippen LogP contribution in [-0.4, -0.2) is 15.7 Å². The lowest BCUT2D eigenvalue weighted by atomic mass is 10.2. The first-order chi connectivity index (χ1) is 8.97. The van der Waals surface area contributed by atoms with Crippen LogP contribution >= 0.6 is 0 Å². The van der Waals surface area contributed by atoms with Crippen molar-refractivity contribution in [2.24, 2.45) is 0 Å². The van der Waals surface area contributed by atoms with Gasteiger partial charge >= 0.3 is 5.97 Å². The zero-order chi connectivity index (χ0) is 14.0. The molecule has 0 radical (unpaired) electrons. The Kier molecular flexibility index (Phi) is 3.55. The molecule has 0 bridgehead atoms. The first kappa shape index (κ1) is 13.1. The van der Waals surface area contributed by atoms with Crippen molar-refractivity contribution in [3.05, 3.63) is 41.6 Å². The van der Waals surface area contributed by atoms with Gasteiger partial charge in [0.2, 0.25) is 0 Å². The second-order valence-corrected chi connectivity index (χ2v) is 4.70. The number of hydrogen-bond acceptors (Lipinski definition) is 4. The van der Waals surface area contributed by atoms with Gasteiger partial charge in [0, 0.05) is 12.1 Å². The van der Waals surface area contributed by atoms with Gasteiger partial charge in [0.1, 0.15) is 17.3 Å². The van der Waals surface area contributed by atoms with Gasteiger partial charge in [-0.2, -0.15) is 5.10 Å². The largest absolute Gasteiger partial charge is 0.422 e. The third-order valence-corrected chi connectivity index (χ3v) is 2.68. The standard InChI is InChI=1S/C14H17N3O2/c1-9(2)17-12(8-13(15)16-17)14(18)19-11-6-4-10(3)5-7-11/h4-9H,1-3H3,(H2,15,16). The third kappa shape index (κ3) is 2.93. The van der Waals surface area contributed by atoms with Crippen LogP contribution in [0.3, 0.4) is 0 Å². The number of carbonyl (C=O) groups is 1. The van der Waals surface area contributed by atoms with Crippen molar-refractivity contribution in [3.63, 3.8) is 0 Å². The number of esters is 1. The van der Waals surface area contributed by atoms with Gasteiger partial charge in [0.25, 0.3) is 0 Å². The molecule has 0 aliphatic heterocycles. The molecular weight excluding hydrogens is 242 g/mol. The van der Waals surface area contributed by atoms with Gasteiger partial charge in [-0.05, 0) is 32.9 Å². The number of rotatable bonds is 3. The molecule has 1 aromatic carbocycles. The van der Waals surface area contributed by atoms with Gasteiger partial charge in [-0.3, -0.25) is 4.68 Å². The van der Waals surface area contributed by atoms with Crippen LogP contribution in [0.5, 0.6) is 5.75 Å². The maximum absolute atomic E-state index is 12.1. The molecule has 5 nitrogen and oxygen atoms in total. The predicted molar refractivity (Wildman–Crippen MR) is 73.2 cm³/mol. The molecule has 0 saturated carbocycles. The van der Waals surface area contributed by atoms with Crippen molar-refractivity contribution >= 4 is 11.8 Å². The molecule has 5 heteroatoms. The highest BCUT2D eigenvalue weighted by molar-refractivity contribution is 5.90. The molecule has 2 aromatic rings. The average molecular weight is 259 g/mol. The molecule has 0 atom stereocenters. The van der Waals surface area contributed by atoms with Gasteiger partial charge in [-0.25, -0.2) is 4.79 Å². The number of nitrogens with zero attached hydrogens (tertiary/aromatic N) is 2. The summed E-state index contributed by atoms with van der Waals surface area (Å²) in [5.41, 5.74) is 7.09. The van der Waals surface area contributed by atoms with Gasteiger partial charge in [0.15, 0.2) is 0 Å². The van der Waals surface area contributed by atoms with E-state index in [1.165, 1.54) is 6.07 Å². The van der Waals surface area contributed by atoms with Crippen LogP contribution in [0, 0.1) is 6.92 Å². The SMILES string of the molecule is Cc1ccc(OC(=O)c2cc(N)nn2C(C)C)cc1. The molecule has 0 aliphatic rings. The van der Waals surface area contributed by atoms with Gasteiger partial charge in [0.05, 0.1) is 0 Å². The lowest BCUT2D eigenvalue weighted by Gasteiger charge is -2.10. The first-order valence-corrected chi connectivity index (χ1v) is 6.11. The van der Waals surface area contributed by atoms with Crippen molar-refractivity contribution in [2.45, 2.75) is 26.8 Å². The third-order valence-electron chi connectivity index (χ3n) is 2.68. The fourth-order valence-corrected chi connectivity index (χ4v) is 1.73. The lowest BCUT2D eigenvalue weighted by Crippen LogP contribution is -2.17. The molecule has 2 N–H and O–H groups in total. The van der Waals surface area contributed by atoms with Crippen molar-refractivity contribution in [3.8, 4) is 5.75 Å². The van der Waals surface area contributed by atoms with Crippen LogP contribution in [0.4, 0.5) is 5.82 Å². The Balaban J connectivity index is 2.22. The van der Waals surface area contributed by atoms with Crippen LogP contribution in [0.1, 0.15) is 35.9 Å². The molecule has 0 spiro atoms. The Morgan fingerprint density at radius 3 is 2.53 bits per heavy atom. The van der Waals surface area contributed by atoms with Crippen molar-refractivity contribution in [2.75, 3.05) is 5.73 Å². The van der Waals surface area contributed by atoms with E-state index in [4.69, 9.17) is 10.5 Å². The maximum Gasteiger partial charge on any atom is 0.362 e. The fourth-order valence-electron chi connectivity index (χ4n) is 1.73. The number of aromatic nitrogens is 2. The molecule has 1 heterocycles. The summed E-state index contributed by atoms with van der Waals surface area (Å²) in [6.07, 6.45) is 0. The number of nitrogen functional groups attached to an aromatic ring is 1. The zero-order valence-electron chi connectivity index (χ0n) is 11.3. The number of nitrogens with two attached hydrogens (primary N) is 1. The minimum atomic E-state index is -0.457. The Bertz CT molecular complexity index is 585. The summed E-state index contributed by atoms with van der Waals surface area (Å²) in [6, 6.07) is 8.85. The second kappa shape index (κ2) is 5.14. The molecule has 1 aromatic heterocycles. The zero-order valence-corrected chi connectivity index (χ0v) is 11.3.